The molecule has 0 aliphatic heterocycles. The van der Waals surface area contributed by atoms with Gasteiger partial charge in [0.25, 0.3) is 0 Å². The maximum absolute atomic E-state index is 3.38. The standard InChI is InChI=1S/C7H13NSi2/c1-8-10(9)7-5-3-2-4-6-7/h2-6,8,10H,1,9H3. The zero-order chi connectivity index (χ0) is 7.40. The topological polar surface area (TPSA) is 12.0 Å². The molecule has 1 aromatic rings. The van der Waals surface area contributed by atoms with Crippen LogP contribution in [0.3, 0.4) is 0 Å². The van der Waals surface area contributed by atoms with Gasteiger partial charge in [-0.3, -0.25) is 0 Å². The average Bonchev–Trinajstić information content (AvgIpc) is 2.05. The van der Waals surface area contributed by atoms with Crippen molar-refractivity contribution in [3.05, 3.63) is 30.3 Å². The second-order valence-corrected chi connectivity index (χ2v) is 8.57. The van der Waals surface area contributed by atoms with Crippen molar-refractivity contribution in [3.8, 4) is 0 Å². The van der Waals surface area contributed by atoms with E-state index in [9.17, 15) is 0 Å². The molecule has 0 amide bonds. The van der Waals surface area contributed by atoms with Crippen LogP contribution in [0.1, 0.15) is 0 Å². The summed E-state index contributed by atoms with van der Waals surface area (Å²) >= 11 is 0. The lowest BCUT2D eigenvalue weighted by Gasteiger charge is -2.06. The highest BCUT2D eigenvalue weighted by Crippen LogP contribution is 1.82. The molecule has 0 heterocycles. The molecule has 1 atom stereocenters. The van der Waals surface area contributed by atoms with Gasteiger partial charge in [0.1, 0.15) is 8.48 Å². The average molecular weight is 167 g/mol. The van der Waals surface area contributed by atoms with Crippen LogP contribution in [0.4, 0.5) is 0 Å². The fourth-order valence-corrected chi connectivity index (χ4v) is 3.20. The molecule has 1 rings (SSSR count). The summed E-state index contributed by atoms with van der Waals surface area (Å²) in [6, 6.07) is 10.7. The SMILES string of the molecule is CN[SiH]([SiH3])c1ccccc1. The minimum absolute atomic E-state index is 0.651. The Kier molecular flexibility index (Phi) is 2.86. The molecule has 1 unspecified atom stereocenters. The molecule has 54 valence electrons. The first kappa shape index (κ1) is 7.72. The molecule has 1 nitrogen and oxygen atoms in total. The van der Waals surface area contributed by atoms with Crippen LogP contribution in [-0.2, 0) is 0 Å². The van der Waals surface area contributed by atoms with Crippen molar-refractivity contribution in [1.29, 1.82) is 0 Å². The van der Waals surface area contributed by atoms with E-state index >= 15 is 0 Å². The summed E-state index contributed by atoms with van der Waals surface area (Å²) in [6.45, 7) is 0. The molecular formula is C7H13NSi2. The van der Waals surface area contributed by atoms with Crippen LogP contribution < -0.4 is 10.2 Å². The Morgan fingerprint density at radius 1 is 1.30 bits per heavy atom. The van der Waals surface area contributed by atoms with Crippen molar-refractivity contribution in [2.75, 3.05) is 7.05 Å². The van der Waals surface area contributed by atoms with Gasteiger partial charge < -0.3 is 4.98 Å². The normalized spacial score (nSPS) is 13.3. The Hall–Kier alpha value is -0.386. The number of rotatable bonds is 2. The third-order valence-electron chi connectivity index (χ3n) is 1.73. The second-order valence-electron chi connectivity index (χ2n) is 2.42. The van der Waals surface area contributed by atoms with Gasteiger partial charge in [0.2, 0.25) is 0 Å². The van der Waals surface area contributed by atoms with E-state index in [0.29, 0.717) is 0 Å². The number of benzene rings is 1. The van der Waals surface area contributed by atoms with Gasteiger partial charge in [-0.1, -0.05) is 35.5 Å². The lowest BCUT2D eigenvalue weighted by Crippen LogP contribution is -2.43. The quantitative estimate of drug-likeness (QED) is 0.540. The van der Waals surface area contributed by atoms with Gasteiger partial charge >= 0.3 is 0 Å². The molecule has 0 saturated heterocycles. The molecule has 0 bridgehead atoms. The Morgan fingerprint density at radius 2 is 1.90 bits per heavy atom. The maximum atomic E-state index is 3.38. The van der Waals surface area contributed by atoms with Gasteiger partial charge in [-0.15, -0.1) is 0 Å². The van der Waals surface area contributed by atoms with Gasteiger partial charge in [0.05, 0.1) is 0 Å². The molecule has 0 radical (unpaired) electrons. The lowest BCUT2D eigenvalue weighted by atomic mass is 10.4. The predicted octanol–water partition coefficient (Wildman–Crippen LogP) is -1.30. The van der Waals surface area contributed by atoms with Crippen LogP contribution in [0.25, 0.3) is 0 Å². The molecule has 0 aliphatic rings. The highest BCUT2D eigenvalue weighted by atomic mass is 29.2. The summed E-state index contributed by atoms with van der Waals surface area (Å²) in [7, 11) is 2.72. The Bertz CT molecular complexity index is 188. The fourth-order valence-electron chi connectivity index (χ4n) is 0.908. The number of hydrogen-bond acceptors (Lipinski definition) is 1. The van der Waals surface area contributed by atoms with Crippen molar-refractivity contribution in [2.24, 2.45) is 0 Å². The smallest absolute Gasteiger partial charge is 0.119 e. The Balaban J connectivity index is 2.75. The highest BCUT2D eigenvalue weighted by Gasteiger charge is 2.00. The highest BCUT2D eigenvalue weighted by molar-refractivity contribution is 7.09. The van der Waals surface area contributed by atoms with E-state index in [2.05, 4.69) is 42.4 Å². The summed E-state index contributed by atoms with van der Waals surface area (Å²) in [5.74, 6) is 0. The molecule has 3 heteroatoms. The van der Waals surface area contributed by atoms with Crippen molar-refractivity contribution in [2.45, 2.75) is 0 Å². The van der Waals surface area contributed by atoms with E-state index in [0.717, 1.165) is 0 Å². The fraction of sp³-hybridized carbons (Fsp3) is 0.143. The van der Waals surface area contributed by atoms with E-state index in [4.69, 9.17) is 0 Å². The summed E-state index contributed by atoms with van der Waals surface area (Å²) in [6.07, 6.45) is 0. The minimum Gasteiger partial charge on any atom is -0.341 e. The largest absolute Gasteiger partial charge is 0.341 e. The van der Waals surface area contributed by atoms with E-state index in [1.165, 1.54) is 14.9 Å². The zero-order valence-corrected chi connectivity index (χ0v) is 9.62. The molecule has 0 aliphatic carbocycles. The van der Waals surface area contributed by atoms with Crippen molar-refractivity contribution in [1.82, 2.24) is 4.98 Å². The molecule has 1 aromatic carbocycles. The maximum Gasteiger partial charge on any atom is 0.119 e. The first-order valence-corrected chi connectivity index (χ1v) is 9.34. The monoisotopic (exact) mass is 167 g/mol. The van der Waals surface area contributed by atoms with Gasteiger partial charge in [0.15, 0.2) is 0 Å². The molecular weight excluding hydrogens is 154 g/mol. The van der Waals surface area contributed by atoms with Gasteiger partial charge in [-0.25, -0.2) is 0 Å². The zero-order valence-electron chi connectivity index (χ0n) is 6.46. The van der Waals surface area contributed by atoms with Crippen molar-refractivity contribution >= 4 is 23.4 Å². The molecule has 0 saturated carbocycles. The van der Waals surface area contributed by atoms with E-state index in [1.54, 1.807) is 0 Å². The van der Waals surface area contributed by atoms with Crippen LogP contribution in [0.15, 0.2) is 30.3 Å². The Labute approximate surface area is 66.4 Å². The minimum atomic E-state index is -0.651. The van der Waals surface area contributed by atoms with E-state index in [-0.39, 0.29) is 0 Å². The third-order valence-corrected chi connectivity index (χ3v) is 7.72. The predicted molar refractivity (Wildman–Crippen MR) is 52.2 cm³/mol. The van der Waals surface area contributed by atoms with Gasteiger partial charge in [-0.2, -0.15) is 0 Å². The van der Waals surface area contributed by atoms with Crippen LogP contribution in [0, 0.1) is 0 Å². The third kappa shape index (κ3) is 1.80. The lowest BCUT2D eigenvalue weighted by molar-refractivity contribution is 1.25. The van der Waals surface area contributed by atoms with Crippen molar-refractivity contribution < 1.29 is 0 Å². The molecule has 10 heavy (non-hydrogen) atoms. The van der Waals surface area contributed by atoms with E-state index < -0.39 is 8.48 Å². The number of nitrogens with one attached hydrogen (secondary N) is 1. The van der Waals surface area contributed by atoms with E-state index in [1.807, 2.05) is 0 Å². The molecule has 0 fully saturated rings. The summed E-state index contributed by atoms with van der Waals surface area (Å²) in [4.78, 5) is 3.38. The van der Waals surface area contributed by atoms with Crippen LogP contribution in [0.2, 0.25) is 0 Å². The van der Waals surface area contributed by atoms with Gasteiger partial charge in [-0.05, 0) is 7.05 Å². The molecule has 0 spiro atoms. The van der Waals surface area contributed by atoms with Crippen LogP contribution in [-0.4, -0.2) is 25.3 Å². The summed E-state index contributed by atoms with van der Waals surface area (Å²) in [5, 5.41) is 1.54. The van der Waals surface area contributed by atoms with Gasteiger partial charge in [0, 0.05) is 9.76 Å². The Morgan fingerprint density at radius 3 is 2.40 bits per heavy atom. The second kappa shape index (κ2) is 3.70. The van der Waals surface area contributed by atoms with Crippen LogP contribution in [0.5, 0.6) is 0 Å². The summed E-state index contributed by atoms with van der Waals surface area (Å²) in [5.41, 5.74) is 0. The first-order valence-electron chi connectivity index (χ1n) is 3.57. The first-order chi connectivity index (χ1) is 4.84. The van der Waals surface area contributed by atoms with Crippen molar-refractivity contribution in [3.63, 3.8) is 0 Å². The van der Waals surface area contributed by atoms with Crippen LogP contribution >= 0.6 is 0 Å². The summed E-state index contributed by atoms with van der Waals surface area (Å²) < 4.78 is 0. The molecule has 1 N–H and O–H groups in total. The number of hydrogen-bond donors (Lipinski definition) is 1. The molecule has 0 aromatic heterocycles.